The van der Waals surface area contributed by atoms with Gasteiger partial charge in [-0.15, -0.1) is 0 Å². The van der Waals surface area contributed by atoms with Crippen LogP contribution >= 0.6 is 0 Å². The first kappa shape index (κ1) is 32.8. The van der Waals surface area contributed by atoms with Crippen molar-refractivity contribution < 1.29 is 45.4 Å². The number of ketones is 2. The quantitative estimate of drug-likeness (QED) is 0.0682. The maximum Gasteiger partial charge on any atom is 0.416 e. The lowest BCUT2D eigenvalue weighted by molar-refractivity contribution is -0.138. The van der Waals surface area contributed by atoms with Gasteiger partial charge in [0, 0.05) is 17.5 Å². The van der Waals surface area contributed by atoms with Crippen LogP contribution in [0.1, 0.15) is 49.4 Å². The summed E-state index contributed by atoms with van der Waals surface area (Å²) in [7, 11) is 0. The van der Waals surface area contributed by atoms with Crippen molar-refractivity contribution in [3.63, 3.8) is 0 Å². The summed E-state index contributed by atoms with van der Waals surface area (Å²) in [6, 6.07) is 21.9. The van der Waals surface area contributed by atoms with E-state index in [9.17, 15) is 35.9 Å². The van der Waals surface area contributed by atoms with Gasteiger partial charge < -0.3 is 9.47 Å². The minimum atomic E-state index is -4.42. The van der Waals surface area contributed by atoms with E-state index in [1.54, 1.807) is 48.5 Å². The lowest BCUT2D eigenvalue weighted by Gasteiger charge is -2.09. The molecule has 4 aromatic carbocycles. The van der Waals surface area contributed by atoms with Crippen LogP contribution in [0.2, 0.25) is 0 Å². The molecule has 0 radical (unpaired) electrons. The van der Waals surface area contributed by atoms with E-state index in [1.807, 2.05) is 0 Å². The summed E-state index contributed by atoms with van der Waals surface area (Å²) in [6.07, 6.45) is -2.82. The molecule has 0 heterocycles. The molecule has 0 spiro atoms. The van der Waals surface area contributed by atoms with Crippen LogP contribution in [0.15, 0.2) is 109 Å². The fourth-order valence-electron chi connectivity index (χ4n) is 3.97. The van der Waals surface area contributed by atoms with Crippen LogP contribution in [0.25, 0.3) is 12.2 Å². The molecule has 0 fully saturated rings. The van der Waals surface area contributed by atoms with Crippen LogP contribution in [0.4, 0.5) is 26.3 Å². The Morgan fingerprint density at radius 2 is 0.844 bits per heavy atom. The van der Waals surface area contributed by atoms with Crippen molar-refractivity contribution in [1.82, 2.24) is 0 Å². The molecule has 0 amide bonds. The van der Waals surface area contributed by atoms with Crippen molar-refractivity contribution in [3.8, 4) is 11.5 Å². The van der Waals surface area contributed by atoms with E-state index in [0.29, 0.717) is 53.4 Å². The normalized spacial score (nSPS) is 12.0. The average Bonchev–Trinajstić information content (AvgIpc) is 3.02. The molecule has 0 unspecified atom stereocenters. The van der Waals surface area contributed by atoms with E-state index in [2.05, 4.69) is 0 Å². The Kier molecular flexibility index (Phi) is 10.6. The van der Waals surface area contributed by atoms with Crippen molar-refractivity contribution in [2.45, 2.75) is 18.8 Å². The summed E-state index contributed by atoms with van der Waals surface area (Å²) in [6.45, 7) is 0.679. The summed E-state index contributed by atoms with van der Waals surface area (Å²) in [5.41, 5.74) is 0.205. The second-order valence-electron chi connectivity index (χ2n) is 9.73. The Hall–Kier alpha value is -5.12. The number of benzene rings is 4. The molecule has 0 bridgehead atoms. The fraction of sp³-hybridized carbons (Fsp3) is 0.143. The summed E-state index contributed by atoms with van der Waals surface area (Å²) < 4.78 is 87.4. The highest BCUT2D eigenvalue weighted by molar-refractivity contribution is 6.07. The Balaban J connectivity index is 1.16. The first-order chi connectivity index (χ1) is 21.4. The molecule has 4 aromatic rings. The van der Waals surface area contributed by atoms with Gasteiger partial charge in [-0.1, -0.05) is 36.4 Å². The van der Waals surface area contributed by atoms with Crippen molar-refractivity contribution in [1.29, 1.82) is 0 Å². The van der Waals surface area contributed by atoms with E-state index < -0.39 is 23.5 Å². The van der Waals surface area contributed by atoms with Crippen molar-refractivity contribution in [3.05, 3.63) is 143 Å². The van der Waals surface area contributed by atoms with E-state index in [0.717, 1.165) is 24.3 Å². The van der Waals surface area contributed by atoms with Crippen molar-refractivity contribution >= 4 is 23.7 Å². The van der Waals surface area contributed by atoms with E-state index in [1.165, 1.54) is 48.6 Å². The van der Waals surface area contributed by atoms with E-state index in [-0.39, 0.29) is 11.6 Å². The number of halogens is 6. The molecule has 10 heteroatoms. The predicted octanol–water partition coefficient (Wildman–Crippen LogP) is 9.36. The van der Waals surface area contributed by atoms with Crippen LogP contribution in [-0.2, 0) is 12.4 Å². The maximum absolute atomic E-state index is 12.7. The van der Waals surface area contributed by atoms with Gasteiger partial charge >= 0.3 is 12.4 Å². The van der Waals surface area contributed by atoms with Gasteiger partial charge in [0.15, 0.2) is 11.6 Å². The van der Waals surface area contributed by atoms with Crippen LogP contribution < -0.4 is 9.47 Å². The lowest BCUT2D eigenvalue weighted by Crippen LogP contribution is -2.05. The number of ether oxygens (including phenoxy) is 2. The molecule has 0 aliphatic rings. The Bertz CT molecular complexity index is 1510. The largest absolute Gasteiger partial charge is 0.493 e. The Labute approximate surface area is 255 Å². The SMILES string of the molecule is O=C(/C=C/c1ccc(C(F)(F)F)cc1)c1ccc(OCCCOc2ccc(C(=O)/C=C/c3ccc(C(F)(F)F)cc3)cc2)cc1. The molecular weight excluding hydrogens is 598 g/mol. The third-order valence-corrected chi connectivity index (χ3v) is 6.43. The molecule has 0 aliphatic carbocycles. The predicted molar refractivity (Wildman–Crippen MR) is 158 cm³/mol. The molecule has 0 aliphatic heterocycles. The van der Waals surface area contributed by atoms with Gasteiger partial charge in [-0.2, -0.15) is 26.3 Å². The highest BCUT2D eigenvalue weighted by atomic mass is 19.4. The van der Waals surface area contributed by atoms with Crippen LogP contribution in [0.5, 0.6) is 11.5 Å². The standard InChI is InChI=1S/C35H26F6O4/c36-34(37,38)28-12-2-24(3-13-28)6-20-32(42)26-8-16-30(17-9-26)44-22-1-23-45-31-18-10-27(11-19-31)33(43)21-7-25-4-14-29(15-5-25)35(39,40)41/h2-21H,1,22-23H2/b20-6+,21-7+. The minimum Gasteiger partial charge on any atom is -0.493 e. The second-order valence-corrected chi connectivity index (χ2v) is 9.73. The zero-order valence-electron chi connectivity index (χ0n) is 23.6. The lowest BCUT2D eigenvalue weighted by atomic mass is 10.1. The van der Waals surface area contributed by atoms with Gasteiger partial charge in [0.1, 0.15) is 11.5 Å². The van der Waals surface area contributed by atoms with Crippen LogP contribution in [0.3, 0.4) is 0 Å². The number of allylic oxidation sites excluding steroid dienone is 2. The van der Waals surface area contributed by atoms with Gasteiger partial charge in [-0.25, -0.2) is 0 Å². The first-order valence-electron chi connectivity index (χ1n) is 13.6. The van der Waals surface area contributed by atoms with Crippen LogP contribution in [-0.4, -0.2) is 24.8 Å². The molecule has 0 saturated heterocycles. The highest BCUT2D eigenvalue weighted by Crippen LogP contribution is 2.30. The summed E-state index contributed by atoms with van der Waals surface area (Å²) >= 11 is 0. The van der Waals surface area contributed by atoms with Crippen molar-refractivity contribution in [2.75, 3.05) is 13.2 Å². The fourth-order valence-corrected chi connectivity index (χ4v) is 3.97. The summed E-state index contributed by atoms with van der Waals surface area (Å²) in [5, 5.41) is 0. The highest BCUT2D eigenvalue weighted by Gasteiger charge is 2.30. The second kappa shape index (κ2) is 14.6. The number of hydrogen-bond acceptors (Lipinski definition) is 4. The number of hydrogen-bond donors (Lipinski definition) is 0. The molecule has 0 N–H and O–H groups in total. The third kappa shape index (κ3) is 9.96. The molecule has 0 aromatic heterocycles. The van der Waals surface area contributed by atoms with Gasteiger partial charge in [0.2, 0.25) is 0 Å². The number of alkyl halides is 6. The molecule has 232 valence electrons. The van der Waals surface area contributed by atoms with Gasteiger partial charge in [0.25, 0.3) is 0 Å². The van der Waals surface area contributed by atoms with Crippen molar-refractivity contribution in [2.24, 2.45) is 0 Å². The topological polar surface area (TPSA) is 52.6 Å². The summed E-state index contributed by atoms with van der Waals surface area (Å²) in [5.74, 6) is 0.478. The maximum atomic E-state index is 12.7. The molecule has 4 rings (SSSR count). The van der Waals surface area contributed by atoms with E-state index in [4.69, 9.17) is 9.47 Å². The molecular formula is C35H26F6O4. The van der Waals surface area contributed by atoms with Gasteiger partial charge in [-0.3, -0.25) is 9.59 Å². The average molecular weight is 625 g/mol. The monoisotopic (exact) mass is 624 g/mol. The van der Waals surface area contributed by atoms with E-state index >= 15 is 0 Å². The van der Waals surface area contributed by atoms with Gasteiger partial charge in [-0.05, 0) is 96.1 Å². The molecule has 4 nitrogen and oxygen atoms in total. The molecule has 0 atom stereocenters. The Morgan fingerprint density at radius 1 is 0.511 bits per heavy atom. The number of carbonyl (C=O) groups excluding carboxylic acids is 2. The number of carbonyl (C=O) groups is 2. The molecule has 0 saturated carbocycles. The molecule has 45 heavy (non-hydrogen) atoms. The summed E-state index contributed by atoms with van der Waals surface area (Å²) in [4.78, 5) is 24.8. The Morgan fingerprint density at radius 3 is 1.16 bits per heavy atom. The third-order valence-electron chi connectivity index (χ3n) is 6.43. The zero-order valence-corrected chi connectivity index (χ0v) is 23.6. The number of rotatable bonds is 12. The smallest absolute Gasteiger partial charge is 0.416 e. The minimum absolute atomic E-state index is 0.308. The zero-order chi connectivity index (χ0) is 32.5. The van der Waals surface area contributed by atoms with Crippen LogP contribution in [0, 0.1) is 0 Å². The first-order valence-corrected chi connectivity index (χ1v) is 13.6. The van der Waals surface area contributed by atoms with Gasteiger partial charge in [0.05, 0.1) is 24.3 Å².